The van der Waals surface area contributed by atoms with Gasteiger partial charge in [-0.2, -0.15) is 0 Å². The Kier molecular flexibility index (Phi) is 35.8. The molecule has 0 aromatic heterocycles. The normalized spacial score (nSPS) is 16.0. The maximum absolute atomic E-state index is 12.2. The van der Waals surface area contributed by atoms with E-state index >= 15 is 0 Å². The fourth-order valence-electron chi connectivity index (χ4n) is 5.48. The minimum atomic E-state index is -0.101. The Labute approximate surface area is 371 Å². The molecule has 0 bridgehead atoms. The first-order chi connectivity index (χ1) is 30.4. The number of ether oxygens (including phenoxy) is 11. The number of nitrogens with one attached hydrogen (secondary N) is 3. The lowest BCUT2D eigenvalue weighted by Gasteiger charge is -2.37. The summed E-state index contributed by atoms with van der Waals surface area (Å²) in [4.78, 5) is 37.3. The number of carbonyl (C=O) groups is 3. The van der Waals surface area contributed by atoms with Crippen LogP contribution in [-0.2, 0) is 61.7 Å². The van der Waals surface area contributed by atoms with Gasteiger partial charge in [-0.05, 0) is 12.8 Å². The topological polar surface area (TPSA) is 273 Å². The zero-order valence-corrected chi connectivity index (χ0v) is 37.4. The lowest BCUT2D eigenvalue weighted by Crippen LogP contribution is -2.65. The van der Waals surface area contributed by atoms with Crippen LogP contribution in [0, 0.1) is 0 Å². The number of amides is 4. The summed E-state index contributed by atoms with van der Waals surface area (Å²) < 4.78 is 59.9. The lowest BCUT2D eigenvalue weighted by atomic mass is 10.1. The average Bonchev–Trinajstić information content (AvgIpc) is 3.59. The molecule has 2 rings (SSSR count). The second kappa shape index (κ2) is 39.9. The number of hydrazine groups is 1. The first-order valence-electron chi connectivity index (χ1n) is 21.7. The number of unbranched alkanes of at least 4 members (excludes halogenated alkanes) is 1. The summed E-state index contributed by atoms with van der Waals surface area (Å²) in [6.07, 6.45) is 5.10. The third-order valence-corrected chi connectivity index (χ3v) is 10.1. The number of hydrogen-bond donors (Lipinski definition) is 6. The van der Waals surface area contributed by atoms with Crippen LogP contribution in [0.1, 0.15) is 32.1 Å². The second-order valence-corrected chi connectivity index (χ2v) is 15.0. The number of carbonyl (C=O) groups excluding carboxylic acids is 3. The highest BCUT2D eigenvalue weighted by Crippen LogP contribution is 2.35. The van der Waals surface area contributed by atoms with Gasteiger partial charge in [-0.1, -0.05) is 6.42 Å². The molecule has 2 aliphatic rings. The van der Waals surface area contributed by atoms with Gasteiger partial charge in [-0.15, -0.1) is 11.8 Å². The van der Waals surface area contributed by atoms with Gasteiger partial charge in [0.15, 0.2) is 0 Å². The van der Waals surface area contributed by atoms with Crippen molar-refractivity contribution in [3.8, 4) is 0 Å². The van der Waals surface area contributed by atoms with Crippen molar-refractivity contribution in [2.24, 2.45) is 17.3 Å². The highest BCUT2D eigenvalue weighted by atomic mass is 32.2. The molecule has 0 saturated carbocycles. The van der Waals surface area contributed by atoms with Crippen LogP contribution in [0.4, 0.5) is 4.79 Å². The predicted molar refractivity (Wildman–Crippen MR) is 231 cm³/mol. The van der Waals surface area contributed by atoms with E-state index in [1.165, 1.54) is 5.01 Å². The maximum atomic E-state index is 12.2. The first-order valence-corrected chi connectivity index (χ1v) is 22.7. The molecule has 62 heavy (non-hydrogen) atoms. The van der Waals surface area contributed by atoms with Gasteiger partial charge < -0.3 is 84.5 Å². The molecule has 0 spiro atoms. The van der Waals surface area contributed by atoms with E-state index in [2.05, 4.69) is 16.0 Å². The maximum Gasteiger partial charge on any atom is 0.321 e. The number of nitrogens with zero attached hydrogens (tertiary/aromatic N) is 2. The third kappa shape index (κ3) is 31.3. The predicted octanol–water partition coefficient (Wildman–Crippen LogP) is -1.29. The smallest absolute Gasteiger partial charge is 0.321 e. The Hall–Kier alpha value is -2.62. The Balaban J connectivity index is 1.20. The molecule has 4 amide bonds. The van der Waals surface area contributed by atoms with Crippen LogP contribution < -0.4 is 33.3 Å². The van der Waals surface area contributed by atoms with Crippen molar-refractivity contribution in [1.82, 2.24) is 25.9 Å². The van der Waals surface area contributed by atoms with Crippen molar-refractivity contribution >= 4 is 29.6 Å². The standard InChI is InChI=1S/C39H76N8O14S/c40-6-10-52-14-18-56-22-26-60-27-23-57-19-15-53-11-7-43-37(49)5-9-51-13-17-55-21-25-59-29-30-61-28-24-58-20-16-54-12-8-46(42)32-34(41)31-44-36(48)4-2-1-3-35-38-45-39(50)47(38)33-62-35/h32,35,38H,1-31,33,40-42H2,(H,43,49)(H,44,48)(H,45,50)/b34-32-/t35-,38+/m0/s1. The molecule has 9 N–H and O–H groups in total. The summed E-state index contributed by atoms with van der Waals surface area (Å²) >= 11 is 1.79. The molecule has 2 atom stereocenters. The summed E-state index contributed by atoms with van der Waals surface area (Å²) in [5.41, 5.74) is 11.8. The van der Waals surface area contributed by atoms with Gasteiger partial charge in [0, 0.05) is 43.1 Å². The van der Waals surface area contributed by atoms with Gasteiger partial charge in [0.25, 0.3) is 0 Å². The summed E-state index contributed by atoms with van der Waals surface area (Å²) in [5, 5.41) is 10.4. The van der Waals surface area contributed by atoms with Crippen molar-refractivity contribution in [2.45, 2.75) is 43.5 Å². The third-order valence-electron chi connectivity index (χ3n) is 8.76. The summed E-state index contributed by atoms with van der Waals surface area (Å²) in [7, 11) is 0. The van der Waals surface area contributed by atoms with Crippen LogP contribution in [-0.4, -0.2) is 217 Å². The molecule has 2 heterocycles. The van der Waals surface area contributed by atoms with Crippen LogP contribution in [0.15, 0.2) is 11.9 Å². The Morgan fingerprint density at radius 3 is 1.58 bits per heavy atom. The van der Waals surface area contributed by atoms with E-state index < -0.39 is 0 Å². The molecule has 362 valence electrons. The monoisotopic (exact) mass is 913 g/mol. The summed E-state index contributed by atoms with van der Waals surface area (Å²) in [6.45, 7) is 11.4. The summed E-state index contributed by atoms with van der Waals surface area (Å²) in [5.74, 6) is 6.55. The van der Waals surface area contributed by atoms with Crippen LogP contribution in [0.2, 0.25) is 0 Å². The SMILES string of the molecule is NCCOCCOCCOCCOCCOCCNC(=O)CCOCCOCCOCCOCCOCCOCCN(N)/C=C(\N)CNC(=O)CCCC[C@@H]1SCN2C(=O)N[C@@H]12. The van der Waals surface area contributed by atoms with Gasteiger partial charge in [0.05, 0.1) is 164 Å². The highest BCUT2D eigenvalue weighted by molar-refractivity contribution is 8.00. The van der Waals surface area contributed by atoms with E-state index in [0.29, 0.717) is 182 Å². The van der Waals surface area contributed by atoms with Gasteiger partial charge in [0.1, 0.15) is 6.17 Å². The number of hydrogen-bond acceptors (Lipinski definition) is 19. The fourth-order valence-corrected chi connectivity index (χ4v) is 6.84. The molecule has 0 aromatic carbocycles. The highest BCUT2D eigenvalue weighted by Gasteiger charge is 2.45. The Bertz CT molecular complexity index is 1160. The lowest BCUT2D eigenvalue weighted by molar-refractivity contribution is -0.123. The number of fused-ring (bicyclic) bond motifs is 1. The molecular weight excluding hydrogens is 837 g/mol. The van der Waals surface area contributed by atoms with Gasteiger partial charge in [0.2, 0.25) is 11.8 Å². The minimum absolute atomic E-state index is 0.0113. The average molecular weight is 913 g/mol. The van der Waals surface area contributed by atoms with Crippen molar-refractivity contribution < 1.29 is 66.5 Å². The van der Waals surface area contributed by atoms with E-state index in [4.69, 9.17) is 69.4 Å². The van der Waals surface area contributed by atoms with E-state index in [-0.39, 0.29) is 37.0 Å². The largest absolute Gasteiger partial charge is 0.399 e. The number of urea groups is 1. The summed E-state index contributed by atoms with van der Waals surface area (Å²) in [6, 6.07) is 0.0113. The van der Waals surface area contributed by atoms with E-state index in [1.54, 1.807) is 18.0 Å². The van der Waals surface area contributed by atoms with Gasteiger partial charge in [-0.3, -0.25) is 14.5 Å². The molecular formula is C39H76N8O14S. The Morgan fingerprint density at radius 2 is 1.10 bits per heavy atom. The number of rotatable bonds is 46. The molecule has 22 nitrogen and oxygen atoms in total. The zero-order valence-electron chi connectivity index (χ0n) is 36.6. The van der Waals surface area contributed by atoms with Gasteiger partial charge in [-0.25, -0.2) is 10.6 Å². The Morgan fingerprint density at radius 1 is 0.645 bits per heavy atom. The van der Waals surface area contributed by atoms with Gasteiger partial charge >= 0.3 is 6.03 Å². The van der Waals surface area contributed by atoms with Crippen molar-refractivity contribution in [1.29, 1.82) is 0 Å². The van der Waals surface area contributed by atoms with E-state index in [1.807, 2.05) is 4.90 Å². The second-order valence-electron chi connectivity index (χ2n) is 13.8. The van der Waals surface area contributed by atoms with Crippen molar-refractivity contribution in [3.05, 3.63) is 11.9 Å². The first kappa shape index (κ1) is 55.5. The molecule has 2 fully saturated rings. The molecule has 2 saturated heterocycles. The van der Waals surface area contributed by atoms with E-state index in [0.717, 1.165) is 25.1 Å². The fraction of sp³-hybridized carbons (Fsp3) is 0.872. The molecule has 23 heteroatoms. The van der Waals surface area contributed by atoms with Crippen molar-refractivity contribution in [2.75, 3.05) is 177 Å². The van der Waals surface area contributed by atoms with E-state index in [9.17, 15) is 14.4 Å². The molecule has 0 aromatic rings. The number of nitrogens with two attached hydrogens (primary N) is 3. The van der Waals surface area contributed by atoms with Crippen LogP contribution in [0.25, 0.3) is 0 Å². The van der Waals surface area contributed by atoms with Crippen LogP contribution >= 0.6 is 11.8 Å². The zero-order chi connectivity index (χ0) is 44.6. The molecule has 0 aliphatic carbocycles. The van der Waals surface area contributed by atoms with Crippen LogP contribution in [0.3, 0.4) is 0 Å². The molecule has 0 radical (unpaired) electrons. The molecule has 2 aliphatic heterocycles. The molecule has 0 unspecified atom stereocenters. The number of thioether (sulfide) groups is 1. The van der Waals surface area contributed by atoms with Crippen LogP contribution in [0.5, 0.6) is 0 Å². The quantitative estimate of drug-likeness (QED) is 0.0236. The minimum Gasteiger partial charge on any atom is -0.399 e. The van der Waals surface area contributed by atoms with Crippen molar-refractivity contribution in [3.63, 3.8) is 0 Å².